The van der Waals surface area contributed by atoms with E-state index in [2.05, 4.69) is 37.9 Å². The van der Waals surface area contributed by atoms with Crippen LogP contribution in [0.25, 0.3) is 11.0 Å². The van der Waals surface area contributed by atoms with Gasteiger partial charge in [0.1, 0.15) is 11.3 Å². The Morgan fingerprint density at radius 3 is 2.86 bits per heavy atom. The second kappa shape index (κ2) is 7.43. The molecule has 0 radical (unpaired) electrons. The number of ether oxygens (including phenoxy) is 1. The molecule has 2 aromatic rings. The smallest absolute Gasteiger partial charge is 0.134 e. The van der Waals surface area contributed by atoms with Gasteiger partial charge in [-0.25, -0.2) is 0 Å². The van der Waals surface area contributed by atoms with Crippen molar-refractivity contribution >= 4 is 11.0 Å². The monoisotopic (exact) mass is 287 g/mol. The van der Waals surface area contributed by atoms with Crippen molar-refractivity contribution in [1.29, 1.82) is 0 Å². The number of fused-ring (bicyclic) bond motifs is 1. The molecule has 0 fully saturated rings. The Morgan fingerprint density at radius 2 is 2.14 bits per heavy atom. The van der Waals surface area contributed by atoms with E-state index in [4.69, 9.17) is 9.15 Å². The van der Waals surface area contributed by atoms with E-state index in [0.29, 0.717) is 13.2 Å². The molecule has 0 spiro atoms. The standard InChI is InChI=1S/C18H25NO2/c1-5-15-16-8-6-7-9-17(16)21-18(15)14(4)19-10-11-20-12-13(2)3/h6-9,14,19H,2,5,10-12H2,1,3-4H3. The van der Waals surface area contributed by atoms with Crippen molar-refractivity contribution in [3.63, 3.8) is 0 Å². The van der Waals surface area contributed by atoms with Crippen LogP contribution in [0.1, 0.15) is 38.1 Å². The van der Waals surface area contributed by atoms with Crippen molar-refractivity contribution in [2.75, 3.05) is 19.8 Å². The highest BCUT2D eigenvalue weighted by Crippen LogP contribution is 2.30. The molecule has 0 saturated carbocycles. The predicted octanol–water partition coefficient (Wildman–Crippen LogP) is 4.24. The van der Waals surface area contributed by atoms with Crippen LogP contribution in [-0.2, 0) is 11.2 Å². The lowest BCUT2D eigenvalue weighted by Crippen LogP contribution is -2.23. The first-order chi connectivity index (χ1) is 10.1. The van der Waals surface area contributed by atoms with Crippen molar-refractivity contribution in [1.82, 2.24) is 5.32 Å². The van der Waals surface area contributed by atoms with Gasteiger partial charge in [0.05, 0.1) is 19.3 Å². The second-order valence-electron chi connectivity index (χ2n) is 5.48. The maximum Gasteiger partial charge on any atom is 0.134 e. The van der Waals surface area contributed by atoms with Gasteiger partial charge in [-0.15, -0.1) is 0 Å². The molecule has 0 aliphatic rings. The van der Waals surface area contributed by atoms with E-state index >= 15 is 0 Å². The van der Waals surface area contributed by atoms with Crippen LogP contribution in [0, 0.1) is 0 Å². The van der Waals surface area contributed by atoms with E-state index in [9.17, 15) is 0 Å². The molecule has 2 rings (SSSR count). The number of rotatable bonds is 8. The predicted molar refractivity (Wildman–Crippen MR) is 87.6 cm³/mol. The zero-order valence-corrected chi connectivity index (χ0v) is 13.2. The van der Waals surface area contributed by atoms with E-state index in [1.54, 1.807) is 0 Å². The molecule has 1 heterocycles. The Kier molecular flexibility index (Phi) is 5.59. The lowest BCUT2D eigenvalue weighted by Gasteiger charge is -2.13. The van der Waals surface area contributed by atoms with Crippen LogP contribution >= 0.6 is 0 Å². The fraction of sp³-hybridized carbons (Fsp3) is 0.444. The summed E-state index contributed by atoms with van der Waals surface area (Å²) in [4.78, 5) is 0. The van der Waals surface area contributed by atoms with Gasteiger partial charge in [0, 0.05) is 17.5 Å². The third-order valence-electron chi connectivity index (χ3n) is 3.52. The van der Waals surface area contributed by atoms with Crippen molar-refractivity contribution in [3.8, 4) is 0 Å². The lowest BCUT2D eigenvalue weighted by molar-refractivity contribution is 0.155. The highest BCUT2D eigenvalue weighted by atomic mass is 16.5. The first kappa shape index (κ1) is 15.8. The molecular weight excluding hydrogens is 262 g/mol. The van der Waals surface area contributed by atoms with Crippen molar-refractivity contribution < 1.29 is 9.15 Å². The van der Waals surface area contributed by atoms with Gasteiger partial charge in [0.15, 0.2) is 0 Å². The first-order valence-corrected chi connectivity index (χ1v) is 7.59. The van der Waals surface area contributed by atoms with E-state index in [0.717, 1.165) is 29.9 Å². The van der Waals surface area contributed by atoms with Crippen LogP contribution < -0.4 is 5.32 Å². The van der Waals surface area contributed by atoms with Crippen LogP contribution in [0.2, 0.25) is 0 Å². The summed E-state index contributed by atoms with van der Waals surface area (Å²) in [5.41, 5.74) is 3.32. The van der Waals surface area contributed by atoms with Crippen molar-refractivity contribution in [3.05, 3.63) is 47.7 Å². The van der Waals surface area contributed by atoms with Gasteiger partial charge in [-0.3, -0.25) is 0 Å². The van der Waals surface area contributed by atoms with Crippen molar-refractivity contribution in [2.45, 2.75) is 33.2 Å². The third-order valence-corrected chi connectivity index (χ3v) is 3.52. The average Bonchev–Trinajstić information content (AvgIpc) is 2.85. The van der Waals surface area contributed by atoms with Crippen LogP contribution in [0.4, 0.5) is 0 Å². The lowest BCUT2D eigenvalue weighted by atomic mass is 10.1. The van der Waals surface area contributed by atoms with E-state index in [1.807, 2.05) is 19.1 Å². The number of hydrogen-bond donors (Lipinski definition) is 1. The number of nitrogens with one attached hydrogen (secondary N) is 1. The van der Waals surface area contributed by atoms with Gasteiger partial charge >= 0.3 is 0 Å². The number of furan rings is 1. The van der Waals surface area contributed by atoms with E-state index in [-0.39, 0.29) is 6.04 Å². The van der Waals surface area contributed by atoms with Gasteiger partial charge in [-0.05, 0) is 26.3 Å². The van der Waals surface area contributed by atoms with Gasteiger partial charge in [-0.1, -0.05) is 37.3 Å². The summed E-state index contributed by atoms with van der Waals surface area (Å²) >= 11 is 0. The molecule has 0 amide bonds. The number of para-hydroxylation sites is 1. The minimum absolute atomic E-state index is 0.181. The fourth-order valence-corrected chi connectivity index (χ4v) is 2.52. The summed E-state index contributed by atoms with van der Waals surface area (Å²) in [5.74, 6) is 1.04. The minimum atomic E-state index is 0.181. The summed E-state index contributed by atoms with van der Waals surface area (Å²) in [7, 11) is 0. The summed E-state index contributed by atoms with van der Waals surface area (Å²) in [5, 5.41) is 4.68. The molecule has 3 nitrogen and oxygen atoms in total. The number of aryl methyl sites for hydroxylation is 1. The Hall–Kier alpha value is -1.58. The summed E-state index contributed by atoms with van der Waals surface area (Å²) in [6.45, 7) is 12.2. The SMILES string of the molecule is C=C(C)COCCNC(C)c1oc2ccccc2c1CC. The molecule has 21 heavy (non-hydrogen) atoms. The highest BCUT2D eigenvalue weighted by molar-refractivity contribution is 5.82. The topological polar surface area (TPSA) is 34.4 Å². The molecule has 0 bridgehead atoms. The summed E-state index contributed by atoms with van der Waals surface area (Å²) in [6, 6.07) is 8.41. The average molecular weight is 287 g/mol. The molecule has 1 atom stereocenters. The van der Waals surface area contributed by atoms with Gasteiger partial charge in [0.2, 0.25) is 0 Å². The molecule has 114 valence electrons. The fourth-order valence-electron chi connectivity index (χ4n) is 2.52. The highest BCUT2D eigenvalue weighted by Gasteiger charge is 2.17. The van der Waals surface area contributed by atoms with Crippen LogP contribution in [-0.4, -0.2) is 19.8 Å². The normalized spacial score (nSPS) is 12.7. The molecule has 0 aliphatic carbocycles. The van der Waals surface area contributed by atoms with E-state index < -0.39 is 0 Å². The quantitative estimate of drug-likeness (QED) is 0.582. The summed E-state index contributed by atoms with van der Waals surface area (Å²) in [6.07, 6.45) is 0.977. The number of hydrogen-bond acceptors (Lipinski definition) is 3. The zero-order valence-electron chi connectivity index (χ0n) is 13.2. The van der Waals surface area contributed by atoms with Crippen LogP contribution in [0.5, 0.6) is 0 Å². The molecule has 1 unspecified atom stereocenters. The molecule has 1 N–H and O–H groups in total. The maximum atomic E-state index is 6.03. The first-order valence-electron chi connectivity index (χ1n) is 7.59. The Morgan fingerprint density at radius 1 is 1.38 bits per heavy atom. The minimum Gasteiger partial charge on any atom is -0.459 e. The maximum absolute atomic E-state index is 6.03. The van der Waals surface area contributed by atoms with Gasteiger partial charge in [0.25, 0.3) is 0 Å². The Labute approximate surface area is 127 Å². The Bertz CT molecular complexity index is 600. The summed E-state index contributed by atoms with van der Waals surface area (Å²) < 4.78 is 11.5. The number of benzene rings is 1. The molecule has 1 aromatic carbocycles. The largest absolute Gasteiger partial charge is 0.459 e. The third kappa shape index (κ3) is 3.96. The molecule has 0 aliphatic heterocycles. The molecule has 1 aromatic heterocycles. The zero-order chi connectivity index (χ0) is 15.2. The van der Waals surface area contributed by atoms with Crippen LogP contribution in [0.3, 0.4) is 0 Å². The van der Waals surface area contributed by atoms with Gasteiger partial charge in [-0.2, -0.15) is 0 Å². The molecule has 0 saturated heterocycles. The second-order valence-corrected chi connectivity index (χ2v) is 5.48. The van der Waals surface area contributed by atoms with Crippen molar-refractivity contribution in [2.24, 2.45) is 0 Å². The van der Waals surface area contributed by atoms with Gasteiger partial charge < -0.3 is 14.5 Å². The Balaban J connectivity index is 1.99. The molecule has 3 heteroatoms. The van der Waals surface area contributed by atoms with E-state index in [1.165, 1.54) is 10.9 Å². The molecular formula is C18H25NO2. The van der Waals surface area contributed by atoms with Crippen LogP contribution in [0.15, 0.2) is 40.8 Å².